The van der Waals surface area contributed by atoms with Crippen LogP contribution in [0.2, 0.25) is 0 Å². The van der Waals surface area contributed by atoms with Gasteiger partial charge in [0.2, 0.25) is 11.8 Å². The first-order valence-electron chi connectivity index (χ1n) is 9.71. The molecule has 1 N–H and O–H groups in total. The lowest BCUT2D eigenvalue weighted by molar-refractivity contribution is -0.118. The van der Waals surface area contributed by atoms with E-state index in [-0.39, 0.29) is 18.2 Å². The lowest BCUT2D eigenvalue weighted by Crippen LogP contribution is -2.26. The molecule has 0 aliphatic heterocycles. The molecule has 2 amide bonds. The summed E-state index contributed by atoms with van der Waals surface area (Å²) < 4.78 is 5.19. The lowest BCUT2D eigenvalue weighted by atomic mass is 10.1. The highest BCUT2D eigenvalue weighted by atomic mass is 32.1. The minimum absolute atomic E-state index is 0.0131. The second-order valence-electron chi connectivity index (χ2n) is 6.84. The maximum Gasteiger partial charge on any atom is 0.226 e. The van der Waals surface area contributed by atoms with E-state index in [9.17, 15) is 9.59 Å². The van der Waals surface area contributed by atoms with Crippen LogP contribution in [0.1, 0.15) is 24.1 Å². The van der Waals surface area contributed by atoms with Gasteiger partial charge in [-0.05, 0) is 49.7 Å². The van der Waals surface area contributed by atoms with Crippen molar-refractivity contribution in [1.29, 1.82) is 0 Å². The van der Waals surface area contributed by atoms with Crippen LogP contribution in [-0.2, 0) is 9.59 Å². The Balaban J connectivity index is 1.51. The van der Waals surface area contributed by atoms with E-state index in [1.165, 1.54) is 11.3 Å². The van der Waals surface area contributed by atoms with Crippen molar-refractivity contribution in [2.24, 2.45) is 0 Å². The molecule has 0 bridgehead atoms. The first-order valence-corrected chi connectivity index (χ1v) is 10.5. The molecule has 0 aliphatic rings. The first kappa shape index (κ1) is 21.5. The standard InChI is InChI=1S/C23H25N3O3S/c1-16-22(17-12-14-19(29-3)15-13-17)25-23(30-16)24-20(27)10-7-11-21(28)26(2)18-8-5-4-6-9-18/h4-6,8-9,12-15H,7,10-11H2,1-3H3,(H,24,25,27). The van der Waals surface area contributed by atoms with Crippen LogP contribution in [0.5, 0.6) is 5.75 Å². The molecular weight excluding hydrogens is 398 g/mol. The third kappa shape index (κ3) is 5.45. The number of thiazole rings is 1. The van der Waals surface area contributed by atoms with Crippen molar-refractivity contribution in [3.63, 3.8) is 0 Å². The summed E-state index contributed by atoms with van der Waals surface area (Å²) in [6, 6.07) is 17.1. The predicted molar refractivity (Wildman–Crippen MR) is 121 cm³/mol. The zero-order valence-electron chi connectivity index (χ0n) is 17.3. The van der Waals surface area contributed by atoms with Gasteiger partial charge in [0.15, 0.2) is 5.13 Å². The number of rotatable bonds is 8. The van der Waals surface area contributed by atoms with Gasteiger partial charge in [0.1, 0.15) is 5.75 Å². The summed E-state index contributed by atoms with van der Waals surface area (Å²) in [6.07, 6.45) is 1.06. The molecule has 0 atom stereocenters. The molecule has 1 heterocycles. The van der Waals surface area contributed by atoms with E-state index in [0.29, 0.717) is 18.0 Å². The van der Waals surface area contributed by atoms with Crippen LogP contribution in [-0.4, -0.2) is 31.0 Å². The van der Waals surface area contributed by atoms with Crippen LogP contribution in [0.25, 0.3) is 11.3 Å². The normalized spacial score (nSPS) is 10.5. The molecule has 0 radical (unpaired) electrons. The Bertz CT molecular complexity index is 1000. The van der Waals surface area contributed by atoms with E-state index in [1.807, 2.05) is 61.5 Å². The van der Waals surface area contributed by atoms with Gasteiger partial charge in [0, 0.05) is 36.0 Å². The Morgan fingerprint density at radius 3 is 2.43 bits per heavy atom. The van der Waals surface area contributed by atoms with Crippen molar-refractivity contribution < 1.29 is 14.3 Å². The van der Waals surface area contributed by atoms with Crippen LogP contribution < -0.4 is 15.0 Å². The SMILES string of the molecule is COc1ccc(-c2nc(NC(=O)CCCC(=O)N(C)c3ccccc3)sc2C)cc1. The van der Waals surface area contributed by atoms with E-state index in [2.05, 4.69) is 10.3 Å². The summed E-state index contributed by atoms with van der Waals surface area (Å²) >= 11 is 1.44. The Kier molecular flexibility index (Phi) is 7.19. The minimum atomic E-state index is -0.139. The van der Waals surface area contributed by atoms with Gasteiger partial charge in [-0.1, -0.05) is 18.2 Å². The number of para-hydroxylation sites is 1. The molecule has 0 aliphatic carbocycles. The Hall–Kier alpha value is -3.19. The summed E-state index contributed by atoms with van der Waals surface area (Å²) in [5.41, 5.74) is 2.66. The van der Waals surface area contributed by atoms with Crippen LogP contribution in [0.4, 0.5) is 10.8 Å². The lowest BCUT2D eigenvalue weighted by Gasteiger charge is -2.17. The number of benzene rings is 2. The molecule has 0 fully saturated rings. The van der Waals surface area contributed by atoms with Gasteiger partial charge in [-0.25, -0.2) is 4.98 Å². The molecule has 1 aromatic heterocycles. The maximum atomic E-state index is 12.3. The number of aromatic nitrogens is 1. The molecule has 0 spiro atoms. The van der Waals surface area contributed by atoms with Gasteiger partial charge in [0.05, 0.1) is 12.8 Å². The molecule has 0 saturated heterocycles. The molecule has 3 aromatic rings. The summed E-state index contributed by atoms with van der Waals surface area (Å²) in [5.74, 6) is 0.633. The second kappa shape index (κ2) is 10.0. The van der Waals surface area contributed by atoms with Crippen molar-refractivity contribution in [2.45, 2.75) is 26.2 Å². The number of nitrogens with one attached hydrogen (secondary N) is 1. The van der Waals surface area contributed by atoms with E-state index in [0.717, 1.165) is 27.6 Å². The number of anilines is 2. The molecule has 156 valence electrons. The highest BCUT2D eigenvalue weighted by molar-refractivity contribution is 7.16. The molecule has 2 aromatic carbocycles. The summed E-state index contributed by atoms with van der Waals surface area (Å²) in [4.78, 5) is 31.8. The zero-order chi connectivity index (χ0) is 21.5. The molecular formula is C23H25N3O3S. The van der Waals surface area contributed by atoms with Crippen molar-refractivity contribution in [2.75, 3.05) is 24.4 Å². The average Bonchev–Trinajstić information content (AvgIpc) is 3.13. The van der Waals surface area contributed by atoms with E-state index in [4.69, 9.17) is 4.74 Å². The van der Waals surface area contributed by atoms with Crippen LogP contribution in [0.15, 0.2) is 54.6 Å². The maximum absolute atomic E-state index is 12.3. The minimum Gasteiger partial charge on any atom is -0.497 e. The van der Waals surface area contributed by atoms with Gasteiger partial charge in [-0.15, -0.1) is 11.3 Å². The molecule has 7 heteroatoms. The van der Waals surface area contributed by atoms with Gasteiger partial charge >= 0.3 is 0 Å². The van der Waals surface area contributed by atoms with E-state index < -0.39 is 0 Å². The fourth-order valence-electron chi connectivity index (χ4n) is 3.01. The van der Waals surface area contributed by atoms with E-state index >= 15 is 0 Å². The number of amides is 2. The number of aryl methyl sites for hydroxylation is 1. The molecule has 3 rings (SSSR count). The third-order valence-electron chi connectivity index (χ3n) is 4.72. The Labute approximate surface area is 180 Å². The number of hydrogen-bond acceptors (Lipinski definition) is 5. The highest BCUT2D eigenvalue weighted by Crippen LogP contribution is 2.31. The summed E-state index contributed by atoms with van der Waals surface area (Å²) in [7, 11) is 3.38. The van der Waals surface area contributed by atoms with Crippen molar-refractivity contribution in [3.8, 4) is 17.0 Å². The topological polar surface area (TPSA) is 71.5 Å². The number of carbonyl (C=O) groups excluding carboxylic acids is 2. The van der Waals surface area contributed by atoms with Crippen molar-refractivity contribution >= 4 is 34.0 Å². The van der Waals surface area contributed by atoms with Crippen molar-refractivity contribution in [1.82, 2.24) is 4.98 Å². The van der Waals surface area contributed by atoms with Crippen LogP contribution in [0.3, 0.4) is 0 Å². The van der Waals surface area contributed by atoms with Gasteiger partial charge in [0.25, 0.3) is 0 Å². The van der Waals surface area contributed by atoms with Crippen LogP contribution in [0, 0.1) is 6.92 Å². The highest BCUT2D eigenvalue weighted by Gasteiger charge is 2.14. The number of ether oxygens (including phenoxy) is 1. The average molecular weight is 424 g/mol. The van der Waals surface area contributed by atoms with Gasteiger partial charge < -0.3 is 15.0 Å². The molecule has 0 unspecified atom stereocenters. The molecule has 0 saturated carbocycles. The Morgan fingerprint density at radius 1 is 1.07 bits per heavy atom. The Morgan fingerprint density at radius 2 is 1.77 bits per heavy atom. The van der Waals surface area contributed by atoms with Gasteiger partial charge in [-0.2, -0.15) is 0 Å². The number of carbonyl (C=O) groups is 2. The van der Waals surface area contributed by atoms with Gasteiger partial charge in [-0.3, -0.25) is 9.59 Å². The smallest absolute Gasteiger partial charge is 0.226 e. The summed E-state index contributed by atoms with van der Waals surface area (Å²) in [5, 5.41) is 3.41. The van der Waals surface area contributed by atoms with Crippen molar-refractivity contribution in [3.05, 3.63) is 59.5 Å². The zero-order valence-corrected chi connectivity index (χ0v) is 18.2. The number of hydrogen-bond donors (Lipinski definition) is 1. The third-order valence-corrected chi connectivity index (χ3v) is 5.60. The largest absolute Gasteiger partial charge is 0.497 e. The molecule has 6 nitrogen and oxygen atoms in total. The summed E-state index contributed by atoms with van der Waals surface area (Å²) in [6.45, 7) is 1.98. The fourth-order valence-corrected chi connectivity index (χ4v) is 3.86. The van der Waals surface area contributed by atoms with Crippen LogP contribution >= 0.6 is 11.3 Å². The monoisotopic (exact) mass is 423 g/mol. The number of methoxy groups -OCH3 is 1. The van der Waals surface area contributed by atoms with E-state index in [1.54, 1.807) is 19.1 Å². The number of nitrogens with zero attached hydrogens (tertiary/aromatic N) is 2. The molecule has 30 heavy (non-hydrogen) atoms. The quantitative estimate of drug-likeness (QED) is 0.559. The second-order valence-corrected chi connectivity index (χ2v) is 8.05. The fraction of sp³-hybridized carbons (Fsp3) is 0.261. The predicted octanol–water partition coefficient (Wildman–Crippen LogP) is 4.90. The first-order chi connectivity index (χ1) is 14.5.